The number of hydrogen-bond acceptors (Lipinski definition) is 7. The Bertz CT molecular complexity index is 1260. The fourth-order valence-electron chi connectivity index (χ4n) is 4.26. The number of aromatic nitrogens is 2. The monoisotopic (exact) mass is 489 g/mol. The predicted octanol–water partition coefficient (Wildman–Crippen LogP) is 5.59. The zero-order valence-corrected chi connectivity index (χ0v) is 20.2. The number of rotatable bonds is 9. The molecule has 3 aromatic carbocycles. The van der Waals surface area contributed by atoms with Crippen molar-refractivity contribution in [1.29, 1.82) is 0 Å². The van der Waals surface area contributed by atoms with E-state index in [1.54, 1.807) is 0 Å². The van der Waals surface area contributed by atoms with Gasteiger partial charge in [-0.1, -0.05) is 35.9 Å². The highest BCUT2D eigenvalue weighted by Gasteiger charge is 2.22. The summed E-state index contributed by atoms with van der Waals surface area (Å²) >= 11 is 6.09. The number of nitrogens with one attached hydrogen (secondary N) is 1. The van der Waals surface area contributed by atoms with Gasteiger partial charge in [0, 0.05) is 21.8 Å². The molecule has 1 aliphatic rings. The molecule has 5 rings (SSSR count). The average molecular weight is 490 g/mol. The Morgan fingerprint density at radius 2 is 1.71 bits per heavy atom. The molecule has 2 N–H and O–H groups in total. The van der Waals surface area contributed by atoms with E-state index in [1.807, 2.05) is 60.7 Å². The van der Waals surface area contributed by atoms with E-state index in [2.05, 4.69) is 27.2 Å². The molecule has 2 heterocycles. The lowest BCUT2D eigenvalue weighted by Gasteiger charge is -2.28. The second-order valence-electron chi connectivity index (χ2n) is 8.46. The molecule has 1 aliphatic heterocycles. The van der Waals surface area contributed by atoms with Gasteiger partial charge in [-0.25, -0.2) is 4.98 Å². The summed E-state index contributed by atoms with van der Waals surface area (Å²) in [6, 6.07) is 23.5. The summed E-state index contributed by atoms with van der Waals surface area (Å²) in [5.74, 6) is 1.85. The van der Waals surface area contributed by atoms with Gasteiger partial charge < -0.3 is 15.2 Å². The first-order chi connectivity index (χ1) is 17.2. The Morgan fingerprint density at radius 1 is 0.943 bits per heavy atom. The summed E-state index contributed by atoms with van der Waals surface area (Å²) in [6.45, 7) is 2.91. The molecule has 8 heteroatoms. The molecular weight excluding hydrogens is 462 g/mol. The number of anilines is 4. The van der Waals surface area contributed by atoms with E-state index in [0.717, 1.165) is 29.9 Å². The number of nitrogens with zero attached hydrogens (tertiary/aromatic N) is 4. The van der Waals surface area contributed by atoms with E-state index < -0.39 is 0 Å². The molecule has 0 spiro atoms. The number of aliphatic hydroxyl groups is 1. The van der Waals surface area contributed by atoms with Crippen molar-refractivity contribution in [3.63, 3.8) is 0 Å². The van der Waals surface area contributed by atoms with E-state index in [1.165, 1.54) is 12.8 Å². The fourth-order valence-corrected chi connectivity index (χ4v) is 4.39. The molecule has 35 heavy (non-hydrogen) atoms. The zero-order chi connectivity index (χ0) is 24.0. The third-order valence-electron chi connectivity index (χ3n) is 5.98. The average Bonchev–Trinajstić information content (AvgIpc) is 3.41. The van der Waals surface area contributed by atoms with Gasteiger partial charge >= 0.3 is 0 Å². The van der Waals surface area contributed by atoms with Gasteiger partial charge in [-0.05, 0) is 74.5 Å². The number of benzene rings is 3. The van der Waals surface area contributed by atoms with Crippen LogP contribution in [0.5, 0.6) is 5.75 Å². The van der Waals surface area contributed by atoms with Crippen LogP contribution >= 0.6 is 11.6 Å². The maximum atomic E-state index is 9.33. The lowest BCUT2D eigenvalue weighted by atomic mass is 10.2. The molecule has 0 radical (unpaired) electrons. The molecule has 0 bridgehead atoms. The summed E-state index contributed by atoms with van der Waals surface area (Å²) in [5.41, 5.74) is 2.57. The number of aliphatic hydroxyl groups excluding tert-OH is 1. The molecule has 1 saturated heterocycles. The van der Waals surface area contributed by atoms with Gasteiger partial charge in [-0.15, -0.1) is 0 Å². The quantitative estimate of drug-likeness (QED) is 0.317. The van der Waals surface area contributed by atoms with Crippen LogP contribution in [0.4, 0.5) is 23.1 Å². The van der Waals surface area contributed by atoms with E-state index in [9.17, 15) is 5.11 Å². The molecule has 0 atom stereocenters. The van der Waals surface area contributed by atoms with Crippen LogP contribution in [0.2, 0.25) is 5.02 Å². The summed E-state index contributed by atoms with van der Waals surface area (Å²) < 4.78 is 5.85. The second kappa shape index (κ2) is 10.9. The second-order valence-corrected chi connectivity index (χ2v) is 8.90. The summed E-state index contributed by atoms with van der Waals surface area (Å²) in [7, 11) is 0. The highest BCUT2D eigenvalue weighted by molar-refractivity contribution is 6.30. The molecule has 0 unspecified atom stereocenters. The summed E-state index contributed by atoms with van der Waals surface area (Å²) in [4.78, 5) is 14.5. The summed E-state index contributed by atoms with van der Waals surface area (Å²) in [6.07, 6.45) is 2.40. The Morgan fingerprint density at radius 3 is 2.46 bits per heavy atom. The molecule has 0 saturated carbocycles. The molecule has 1 aromatic heterocycles. The zero-order valence-electron chi connectivity index (χ0n) is 19.4. The van der Waals surface area contributed by atoms with E-state index in [0.29, 0.717) is 34.7 Å². The van der Waals surface area contributed by atoms with Crippen LogP contribution in [0.15, 0.2) is 72.8 Å². The largest absolute Gasteiger partial charge is 0.489 e. The first-order valence-electron chi connectivity index (χ1n) is 11.8. The molecule has 1 fully saturated rings. The van der Waals surface area contributed by atoms with Crippen LogP contribution in [-0.4, -0.2) is 52.9 Å². The third-order valence-corrected chi connectivity index (χ3v) is 6.23. The number of hydrogen-bond donors (Lipinski definition) is 2. The molecule has 180 valence electrons. The van der Waals surface area contributed by atoms with Crippen molar-refractivity contribution < 1.29 is 9.84 Å². The third kappa shape index (κ3) is 5.48. The van der Waals surface area contributed by atoms with Gasteiger partial charge in [0.1, 0.15) is 23.7 Å². The van der Waals surface area contributed by atoms with Gasteiger partial charge in [-0.2, -0.15) is 4.98 Å². The minimum absolute atomic E-state index is 0.0741. The van der Waals surface area contributed by atoms with Crippen molar-refractivity contribution in [2.75, 3.05) is 43.2 Å². The predicted molar refractivity (Wildman–Crippen MR) is 141 cm³/mol. The molecule has 7 nitrogen and oxygen atoms in total. The van der Waals surface area contributed by atoms with Crippen molar-refractivity contribution in [1.82, 2.24) is 14.9 Å². The van der Waals surface area contributed by atoms with Gasteiger partial charge in [0.2, 0.25) is 5.95 Å². The number of para-hydroxylation sites is 2. The van der Waals surface area contributed by atoms with E-state index in [4.69, 9.17) is 26.3 Å². The number of fused-ring (bicyclic) bond motifs is 1. The minimum Gasteiger partial charge on any atom is -0.489 e. The van der Waals surface area contributed by atoms with Crippen molar-refractivity contribution >= 4 is 45.6 Å². The lowest BCUT2D eigenvalue weighted by molar-refractivity contribution is 0.202. The maximum absolute atomic E-state index is 9.33. The number of halogens is 1. The Kier molecular flexibility index (Phi) is 7.28. The molecule has 0 aliphatic carbocycles. The Labute approximate surface area is 209 Å². The van der Waals surface area contributed by atoms with Crippen molar-refractivity contribution in [2.24, 2.45) is 0 Å². The number of ether oxygens (including phenoxy) is 1. The van der Waals surface area contributed by atoms with Gasteiger partial charge in [0.15, 0.2) is 0 Å². The van der Waals surface area contributed by atoms with Crippen LogP contribution in [0.3, 0.4) is 0 Å². The van der Waals surface area contributed by atoms with Gasteiger partial charge in [0.05, 0.1) is 13.3 Å². The van der Waals surface area contributed by atoms with Crippen molar-refractivity contribution in [3.05, 3.63) is 77.8 Å². The lowest BCUT2D eigenvalue weighted by Crippen LogP contribution is -2.34. The first kappa shape index (κ1) is 23.4. The minimum atomic E-state index is -0.0741. The standard InChI is InChI=1S/C27H28ClN5O2/c28-20-11-13-21(14-12-20)29-26-23-9-6-10-24(35-18-17-34)25(23)30-27(31-26)33(19-32-15-4-5-16-32)22-7-2-1-3-8-22/h1-3,6-14,34H,4-5,15-19H2,(H,29,30,31). The molecular formula is C27H28ClN5O2. The van der Waals surface area contributed by atoms with E-state index >= 15 is 0 Å². The van der Waals surface area contributed by atoms with Crippen LogP contribution in [0.25, 0.3) is 10.9 Å². The SMILES string of the molecule is OCCOc1cccc2c(Nc3ccc(Cl)cc3)nc(N(CN3CCCC3)c3ccccc3)nc12. The molecule has 0 amide bonds. The van der Waals surface area contributed by atoms with E-state index in [-0.39, 0.29) is 13.2 Å². The fraction of sp³-hybridized carbons (Fsp3) is 0.259. The smallest absolute Gasteiger partial charge is 0.233 e. The van der Waals surface area contributed by atoms with Gasteiger partial charge in [-0.3, -0.25) is 9.80 Å². The topological polar surface area (TPSA) is 73.8 Å². The Hall–Kier alpha value is -3.39. The highest BCUT2D eigenvalue weighted by Crippen LogP contribution is 2.34. The van der Waals surface area contributed by atoms with Crippen LogP contribution in [-0.2, 0) is 0 Å². The number of likely N-dealkylation sites (tertiary alicyclic amines) is 1. The van der Waals surface area contributed by atoms with Crippen molar-refractivity contribution in [3.8, 4) is 5.75 Å². The normalized spacial score (nSPS) is 13.8. The molecule has 4 aromatic rings. The Balaban J connectivity index is 1.63. The maximum Gasteiger partial charge on any atom is 0.233 e. The van der Waals surface area contributed by atoms with Crippen LogP contribution in [0, 0.1) is 0 Å². The van der Waals surface area contributed by atoms with Crippen molar-refractivity contribution in [2.45, 2.75) is 12.8 Å². The highest BCUT2D eigenvalue weighted by atomic mass is 35.5. The van der Waals surface area contributed by atoms with Gasteiger partial charge in [0.25, 0.3) is 0 Å². The van der Waals surface area contributed by atoms with Crippen LogP contribution < -0.4 is 15.0 Å². The first-order valence-corrected chi connectivity index (χ1v) is 12.2. The summed E-state index contributed by atoms with van der Waals surface area (Å²) in [5, 5.41) is 14.3. The van der Waals surface area contributed by atoms with Crippen LogP contribution in [0.1, 0.15) is 12.8 Å².